The number of hydrogen-bond acceptors (Lipinski definition) is 6. The SMILES string of the molecule is Cc1c(-c2c3c(N)n[nH]c(=O)c3nn2C2CCC(NC(=O)C(C)(C)F)CC2)oc2ccc(Cl)cc12. The molecule has 11 heteroatoms. The second-order valence-corrected chi connectivity index (χ2v) is 10.0. The van der Waals surface area contributed by atoms with Crippen LogP contribution in [0.3, 0.4) is 0 Å². The van der Waals surface area contributed by atoms with Crippen LogP contribution in [-0.4, -0.2) is 37.6 Å². The molecule has 0 unspecified atom stereocenters. The maximum Gasteiger partial charge on any atom is 0.292 e. The molecular weight excluding hydrogens is 475 g/mol. The molecule has 3 heterocycles. The molecule has 1 aliphatic rings. The number of aromatic amines is 1. The first kappa shape index (κ1) is 23.3. The van der Waals surface area contributed by atoms with Gasteiger partial charge in [0.25, 0.3) is 11.5 Å². The number of amides is 1. The Labute approximate surface area is 204 Å². The van der Waals surface area contributed by atoms with E-state index in [4.69, 9.17) is 21.8 Å². The number of aryl methyl sites for hydroxylation is 1. The highest BCUT2D eigenvalue weighted by molar-refractivity contribution is 6.31. The van der Waals surface area contributed by atoms with E-state index in [1.54, 1.807) is 16.8 Å². The van der Waals surface area contributed by atoms with Gasteiger partial charge in [-0.3, -0.25) is 14.3 Å². The molecule has 4 N–H and O–H groups in total. The van der Waals surface area contributed by atoms with Gasteiger partial charge in [-0.15, -0.1) is 0 Å². The van der Waals surface area contributed by atoms with Crippen LogP contribution in [0.25, 0.3) is 33.3 Å². The van der Waals surface area contributed by atoms with E-state index in [9.17, 15) is 14.0 Å². The summed E-state index contributed by atoms with van der Waals surface area (Å²) in [6, 6.07) is 5.16. The Balaban J connectivity index is 1.58. The second kappa shape index (κ2) is 8.37. The normalized spacial score (nSPS) is 18.9. The lowest BCUT2D eigenvalue weighted by Crippen LogP contribution is -2.45. The van der Waals surface area contributed by atoms with Gasteiger partial charge in [-0.05, 0) is 64.7 Å². The summed E-state index contributed by atoms with van der Waals surface area (Å²) in [5.41, 5.74) is 6.09. The fourth-order valence-corrected chi connectivity index (χ4v) is 4.95. The standard InChI is InChI=1S/C24H26ClFN6O3/c1-11-15-10-12(25)4-9-16(15)35-20(11)19-17-18(22(33)30-29-21(17)27)31-32(19)14-7-5-13(6-8-14)28-23(34)24(2,3)26/h4,9-10,13-14H,5-8H2,1-3H3,(H2,27,29)(H,28,34)(H,30,33). The van der Waals surface area contributed by atoms with Gasteiger partial charge in [-0.2, -0.15) is 10.2 Å². The van der Waals surface area contributed by atoms with E-state index in [-0.39, 0.29) is 23.4 Å². The minimum Gasteiger partial charge on any atom is -0.454 e. The summed E-state index contributed by atoms with van der Waals surface area (Å²) >= 11 is 6.21. The number of anilines is 1. The minimum absolute atomic E-state index is 0.0843. The summed E-state index contributed by atoms with van der Waals surface area (Å²) in [7, 11) is 0. The number of carbonyl (C=O) groups excluding carboxylic acids is 1. The molecule has 0 saturated heterocycles. The lowest BCUT2D eigenvalue weighted by molar-refractivity contribution is -0.131. The van der Waals surface area contributed by atoms with Crippen LogP contribution in [0.5, 0.6) is 0 Å². The number of carbonyl (C=O) groups is 1. The Hall–Kier alpha value is -3.40. The average molecular weight is 501 g/mol. The van der Waals surface area contributed by atoms with Crippen LogP contribution in [-0.2, 0) is 4.79 Å². The van der Waals surface area contributed by atoms with E-state index in [0.717, 1.165) is 10.9 Å². The third-order valence-electron chi connectivity index (χ3n) is 6.69. The van der Waals surface area contributed by atoms with Crippen LogP contribution in [0.15, 0.2) is 27.4 Å². The summed E-state index contributed by atoms with van der Waals surface area (Å²) in [6.07, 6.45) is 2.60. The van der Waals surface area contributed by atoms with Gasteiger partial charge in [0.2, 0.25) is 0 Å². The van der Waals surface area contributed by atoms with Crippen molar-refractivity contribution in [3.63, 3.8) is 0 Å². The largest absolute Gasteiger partial charge is 0.454 e. The summed E-state index contributed by atoms with van der Waals surface area (Å²) in [5.74, 6) is 0.0664. The molecule has 1 aliphatic carbocycles. The van der Waals surface area contributed by atoms with E-state index in [1.165, 1.54) is 13.8 Å². The number of nitrogens with zero attached hydrogens (tertiary/aromatic N) is 3. The molecule has 1 amide bonds. The summed E-state index contributed by atoms with van der Waals surface area (Å²) in [4.78, 5) is 24.7. The van der Waals surface area contributed by atoms with Crippen LogP contribution < -0.4 is 16.6 Å². The van der Waals surface area contributed by atoms with Crippen molar-refractivity contribution < 1.29 is 13.6 Å². The van der Waals surface area contributed by atoms with Crippen LogP contribution in [0.1, 0.15) is 51.1 Å². The maximum atomic E-state index is 14.0. The molecule has 1 saturated carbocycles. The van der Waals surface area contributed by atoms with Crippen LogP contribution in [0, 0.1) is 6.92 Å². The smallest absolute Gasteiger partial charge is 0.292 e. The third kappa shape index (κ3) is 4.05. The zero-order chi connectivity index (χ0) is 25.1. The highest BCUT2D eigenvalue weighted by Gasteiger charge is 2.33. The summed E-state index contributed by atoms with van der Waals surface area (Å²) in [6.45, 7) is 4.41. The Morgan fingerprint density at radius 1 is 1.31 bits per heavy atom. The van der Waals surface area contributed by atoms with Gasteiger partial charge in [-0.25, -0.2) is 9.49 Å². The van der Waals surface area contributed by atoms with Crippen molar-refractivity contribution in [3.8, 4) is 11.5 Å². The van der Waals surface area contributed by atoms with Gasteiger partial charge in [-0.1, -0.05) is 11.6 Å². The molecule has 0 radical (unpaired) electrons. The number of nitrogen functional groups attached to an aromatic ring is 1. The zero-order valence-electron chi connectivity index (χ0n) is 19.6. The number of nitrogens with two attached hydrogens (primary N) is 1. The fraction of sp³-hybridized carbons (Fsp3) is 0.417. The Kier molecular flexibility index (Phi) is 5.58. The molecule has 5 rings (SSSR count). The van der Waals surface area contributed by atoms with Gasteiger partial charge in [0.15, 0.2) is 22.8 Å². The van der Waals surface area contributed by atoms with Crippen molar-refractivity contribution in [1.29, 1.82) is 0 Å². The van der Waals surface area contributed by atoms with Crippen LogP contribution in [0.4, 0.5) is 10.2 Å². The van der Waals surface area contributed by atoms with Crippen molar-refractivity contribution in [3.05, 3.63) is 39.1 Å². The molecule has 3 aromatic heterocycles. The Morgan fingerprint density at radius 2 is 2.03 bits per heavy atom. The van der Waals surface area contributed by atoms with E-state index in [1.807, 2.05) is 13.0 Å². The molecule has 0 atom stereocenters. The summed E-state index contributed by atoms with van der Waals surface area (Å²) in [5, 5.41) is 15.7. The number of benzene rings is 1. The van der Waals surface area contributed by atoms with Crippen molar-refractivity contribution in [1.82, 2.24) is 25.3 Å². The molecule has 35 heavy (non-hydrogen) atoms. The number of H-pyrrole nitrogens is 1. The molecule has 184 valence electrons. The fourth-order valence-electron chi connectivity index (χ4n) is 4.78. The monoisotopic (exact) mass is 500 g/mol. The van der Waals surface area contributed by atoms with Crippen LogP contribution >= 0.6 is 11.6 Å². The predicted molar refractivity (Wildman–Crippen MR) is 132 cm³/mol. The lowest BCUT2D eigenvalue weighted by Gasteiger charge is -2.31. The summed E-state index contributed by atoms with van der Waals surface area (Å²) < 4.78 is 22.0. The number of fused-ring (bicyclic) bond motifs is 2. The van der Waals surface area contributed by atoms with Gasteiger partial charge < -0.3 is 15.5 Å². The highest BCUT2D eigenvalue weighted by Crippen LogP contribution is 2.41. The van der Waals surface area contributed by atoms with Crippen molar-refractivity contribution >= 4 is 45.2 Å². The first-order chi connectivity index (χ1) is 16.5. The van der Waals surface area contributed by atoms with Gasteiger partial charge in [0.05, 0.1) is 11.4 Å². The average Bonchev–Trinajstić information content (AvgIpc) is 3.35. The number of halogens is 2. The molecule has 0 spiro atoms. The van der Waals surface area contributed by atoms with E-state index in [2.05, 4.69) is 20.6 Å². The molecule has 4 aromatic rings. The van der Waals surface area contributed by atoms with Crippen molar-refractivity contribution in [2.24, 2.45) is 0 Å². The first-order valence-corrected chi connectivity index (χ1v) is 11.9. The number of hydrogen-bond donors (Lipinski definition) is 3. The molecule has 0 aliphatic heterocycles. The van der Waals surface area contributed by atoms with Crippen molar-refractivity contribution in [2.75, 3.05) is 5.73 Å². The molecule has 1 fully saturated rings. The maximum absolute atomic E-state index is 14.0. The third-order valence-corrected chi connectivity index (χ3v) is 6.93. The Bertz CT molecular complexity index is 1510. The molecule has 0 bridgehead atoms. The van der Waals surface area contributed by atoms with Gasteiger partial charge >= 0.3 is 0 Å². The highest BCUT2D eigenvalue weighted by atomic mass is 35.5. The number of alkyl halides is 1. The Morgan fingerprint density at radius 3 is 2.71 bits per heavy atom. The topological polar surface area (TPSA) is 132 Å². The number of nitrogens with one attached hydrogen (secondary N) is 2. The van der Waals surface area contributed by atoms with Crippen molar-refractivity contribution in [2.45, 2.75) is 64.2 Å². The molecular formula is C24H26ClFN6O3. The first-order valence-electron chi connectivity index (χ1n) is 11.5. The predicted octanol–water partition coefficient (Wildman–Crippen LogP) is 4.42. The minimum atomic E-state index is -1.93. The van der Waals surface area contributed by atoms with Crippen LogP contribution in [0.2, 0.25) is 5.02 Å². The second-order valence-electron chi connectivity index (χ2n) is 9.60. The quantitative estimate of drug-likeness (QED) is 0.380. The van der Waals surface area contributed by atoms with E-state index < -0.39 is 17.1 Å². The zero-order valence-corrected chi connectivity index (χ0v) is 20.4. The van der Waals surface area contributed by atoms with Gasteiger partial charge in [0, 0.05) is 22.0 Å². The molecule has 1 aromatic carbocycles. The van der Waals surface area contributed by atoms with Gasteiger partial charge in [0.1, 0.15) is 11.3 Å². The molecule has 9 nitrogen and oxygen atoms in total. The number of rotatable bonds is 4. The van der Waals surface area contributed by atoms with E-state index >= 15 is 0 Å². The number of aromatic nitrogens is 4. The lowest BCUT2D eigenvalue weighted by atomic mass is 9.90. The number of furan rings is 1. The van der Waals surface area contributed by atoms with E-state index in [0.29, 0.717) is 53.1 Å².